The van der Waals surface area contributed by atoms with Gasteiger partial charge in [0.1, 0.15) is 17.0 Å². The molecule has 4 rings (SSSR count). The number of rotatable bonds is 4. The number of amides is 2. The zero-order valence-electron chi connectivity index (χ0n) is 14.0. The van der Waals surface area contributed by atoms with Gasteiger partial charge in [-0.2, -0.15) is 5.10 Å². The van der Waals surface area contributed by atoms with Gasteiger partial charge in [-0.25, -0.2) is 13.5 Å². The van der Waals surface area contributed by atoms with Crippen LogP contribution in [0.15, 0.2) is 24.4 Å². The fourth-order valence-corrected chi connectivity index (χ4v) is 3.60. The average molecular weight is 360 g/mol. The minimum atomic E-state index is -1.08. The van der Waals surface area contributed by atoms with Crippen LogP contribution in [0.25, 0.3) is 5.69 Å². The second-order valence-corrected chi connectivity index (χ2v) is 6.95. The molecule has 1 aromatic carbocycles. The van der Waals surface area contributed by atoms with E-state index in [-0.39, 0.29) is 11.9 Å². The summed E-state index contributed by atoms with van der Waals surface area (Å²) in [5.74, 6) is -2.31. The Bertz CT molecular complexity index is 884. The maximum atomic E-state index is 13.5. The van der Waals surface area contributed by atoms with Gasteiger partial charge in [-0.1, -0.05) is 0 Å². The first kappa shape index (κ1) is 16.7. The maximum Gasteiger partial charge on any atom is 0.236 e. The Hall–Kier alpha value is -2.77. The van der Waals surface area contributed by atoms with Crippen LogP contribution in [0.2, 0.25) is 0 Å². The van der Waals surface area contributed by atoms with Crippen LogP contribution >= 0.6 is 0 Å². The molecular weight excluding hydrogens is 342 g/mol. The highest BCUT2D eigenvalue weighted by molar-refractivity contribution is 6.07. The Morgan fingerprint density at radius 1 is 1.23 bits per heavy atom. The molecule has 2 aliphatic carbocycles. The standard InChI is InChI=1S/C18H18F2N4O2/c19-10-6-11(20)8-12(7-10)24-15-3-1-2-14(13(15)9-22-24)23-17(26)18(4-5-18)16(21)25/h6-9,14H,1-5H2,(H2,21,25)(H,23,26). The quantitative estimate of drug-likeness (QED) is 0.816. The van der Waals surface area contributed by atoms with Gasteiger partial charge in [0.15, 0.2) is 0 Å². The molecule has 1 aromatic heterocycles. The number of halogens is 2. The third-order valence-corrected chi connectivity index (χ3v) is 5.24. The van der Waals surface area contributed by atoms with Gasteiger partial charge in [-0.15, -0.1) is 0 Å². The smallest absolute Gasteiger partial charge is 0.236 e. The minimum absolute atomic E-state index is 0.296. The Morgan fingerprint density at radius 3 is 2.54 bits per heavy atom. The van der Waals surface area contributed by atoms with Crippen molar-refractivity contribution in [2.45, 2.75) is 38.1 Å². The van der Waals surface area contributed by atoms with E-state index in [1.165, 1.54) is 16.8 Å². The van der Waals surface area contributed by atoms with E-state index >= 15 is 0 Å². The molecule has 1 atom stereocenters. The fraction of sp³-hybridized carbons (Fsp3) is 0.389. The highest BCUT2D eigenvalue weighted by Crippen LogP contribution is 2.46. The molecular formula is C18H18F2N4O2. The molecule has 2 amide bonds. The number of aromatic nitrogens is 2. The molecule has 26 heavy (non-hydrogen) atoms. The van der Waals surface area contributed by atoms with Crippen LogP contribution in [0, 0.1) is 17.0 Å². The topological polar surface area (TPSA) is 90.0 Å². The van der Waals surface area contributed by atoms with Crippen molar-refractivity contribution < 1.29 is 18.4 Å². The van der Waals surface area contributed by atoms with E-state index in [1.54, 1.807) is 6.20 Å². The Morgan fingerprint density at radius 2 is 1.92 bits per heavy atom. The number of benzene rings is 1. The highest BCUT2D eigenvalue weighted by atomic mass is 19.1. The second kappa shape index (κ2) is 5.89. The third-order valence-electron chi connectivity index (χ3n) is 5.24. The number of nitrogens with one attached hydrogen (secondary N) is 1. The normalized spacial score (nSPS) is 20.3. The summed E-state index contributed by atoms with van der Waals surface area (Å²) in [6.45, 7) is 0. The summed E-state index contributed by atoms with van der Waals surface area (Å²) in [7, 11) is 0. The minimum Gasteiger partial charge on any atom is -0.369 e. The number of hydrogen-bond acceptors (Lipinski definition) is 3. The van der Waals surface area contributed by atoms with Crippen LogP contribution in [-0.4, -0.2) is 21.6 Å². The van der Waals surface area contributed by atoms with E-state index in [9.17, 15) is 18.4 Å². The van der Waals surface area contributed by atoms with Crippen molar-refractivity contribution in [3.05, 3.63) is 47.3 Å². The molecule has 136 valence electrons. The number of nitrogens with zero attached hydrogens (tertiary/aromatic N) is 2. The lowest BCUT2D eigenvalue weighted by Gasteiger charge is -2.25. The van der Waals surface area contributed by atoms with E-state index in [1.807, 2.05) is 0 Å². The number of primary amides is 1. The molecule has 0 radical (unpaired) electrons. The Labute approximate surface area is 148 Å². The first-order valence-electron chi connectivity index (χ1n) is 8.55. The van der Waals surface area contributed by atoms with Gasteiger partial charge in [-0.05, 0) is 44.2 Å². The predicted octanol–water partition coefficient (Wildman–Crippen LogP) is 1.91. The monoisotopic (exact) mass is 360 g/mol. The molecule has 0 spiro atoms. The number of nitrogens with two attached hydrogens (primary N) is 1. The van der Waals surface area contributed by atoms with Crippen LogP contribution in [0.4, 0.5) is 8.78 Å². The van der Waals surface area contributed by atoms with Crippen molar-refractivity contribution in [1.29, 1.82) is 0 Å². The molecule has 0 saturated heterocycles. The average Bonchev–Trinajstić information content (AvgIpc) is 3.28. The molecule has 6 nitrogen and oxygen atoms in total. The van der Waals surface area contributed by atoms with E-state index < -0.39 is 23.0 Å². The predicted molar refractivity (Wildman–Crippen MR) is 88.2 cm³/mol. The molecule has 3 N–H and O–H groups in total. The molecule has 1 heterocycles. The van der Waals surface area contributed by atoms with E-state index in [2.05, 4.69) is 10.4 Å². The lowest BCUT2D eigenvalue weighted by molar-refractivity contribution is -0.135. The lowest BCUT2D eigenvalue weighted by atomic mass is 9.92. The molecule has 1 unspecified atom stereocenters. The highest BCUT2D eigenvalue weighted by Gasteiger charge is 2.55. The van der Waals surface area contributed by atoms with Gasteiger partial charge in [0.05, 0.1) is 17.9 Å². The van der Waals surface area contributed by atoms with Gasteiger partial charge in [0.2, 0.25) is 11.8 Å². The van der Waals surface area contributed by atoms with Crippen LogP contribution in [0.1, 0.15) is 43.0 Å². The lowest BCUT2D eigenvalue weighted by Crippen LogP contribution is -2.42. The first-order valence-corrected chi connectivity index (χ1v) is 8.55. The first-order chi connectivity index (χ1) is 12.4. The molecule has 0 aliphatic heterocycles. The van der Waals surface area contributed by atoms with Crippen molar-refractivity contribution in [3.63, 3.8) is 0 Å². The molecule has 0 bridgehead atoms. The Balaban J connectivity index is 1.63. The number of hydrogen-bond donors (Lipinski definition) is 2. The van der Waals surface area contributed by atoms with Crippen molar-refractivity contribution in [1.82, 2.24) is 15.1 Å². The van der Waals surface area contributed by atoms with E-state index in [0.717, 1.165) is 23.7 Å². The van der Waals surface area contributed by atoms with Gasteiger partial charge in [0, 0.05) is 17.3 Å². The van der Waals surface area contributed by atoms with Crippen LogP contribution in [0.3, 0.4) is 0 Å². The molecule has 2 aromatic rings. The van der Waals surface area contributed by atoms with Crippen molar-refractivity contribution in [2.75, 3.05) is 0 Å². The van der Waals surface area contributed by atoms with Crippen LogP contribution < -0.4 is 11.1 Å². The SMILES string of the molecule is NC(=O)C1(C(=O)NC2CCCc3c2cnn3-c2cc(F)cc(F)c2)CC1. The molecule has 1 saturated carbocycles. The summed E-state index contributed by atoms with van der Waals surface area (Å²) in [6.07, 6.45) is 4.71. The number of carbonyl (C=O) groups excluding carboxylic acids is 2. The fourth-order valence-electron chi connectivity index (χ4n) is 3.60. The third kappa shape index (κ3) is 2.65. The summed E-state index contributed by atoms with van der Waals surface area (Å²) in [6, 6.07) is 2.94. The van der Waals surface area contributed by atoms with Gasteiger partial charge in [0.25, 0.3) is 0 Å². The van der Waals surface area contributed by atoms with Crippen molar-refractivity contribution in [3.8, 4) is 5.69 Å². The summed E-state index contributed by atoms with van der Waals surface area (Å²) < 4.78 is 28.6. The van der Waals surface area contributed by atoms with Crippen molar-refractivity contribution >= 4 is 11.8 Å². The summed E-state index contributed by atoms with van der Waals surface area (Å²) in [4.78, 5) is 24.0. The second-order valence-electron chi connectivity index (χ2n) is 6.95. The zero-order chi connectivity index (χ0) is 18.5. The summed E-state index contributed by atoms with van der Waals surface area (Å²) in [5, 5.41) is 7.17. The summed E-state index contributed by atoms with van der Waals surface area (Å²) >= 11 is 0. The molecule has 8 heteroatoms. The van der Waals surface area contributed by atoms with Gasteiger partial charge >= 0.3 is 0 Å². The maximum absolute atomic E-state index is 13.5. The largest absolute Gasteiger partial charge is 0.369 e. The van der Waals surface area contributed by atoms with Crippen LogP contribution in [0.5, 0.6) is 0 Å². The van der Waals surface area contributed by atoms with Gasteiger partial charge < -0.3 is 11.1 Å². The molecule has 1 fully saturated rings. The van der Waals surface area contributed by atoms with Gasteiger partial charge in [-0.3, -0.25) is 9.59 Å². The summed E-state index contributed by atoms with van der Waals surface area (Å²) in [5.41, 5.74) is 6.17. The molecule has 2 aliphatic rings. The zero-order valence-corrected chi connectivity index (χ0v) is 14.0. The van der Waals surface area contributed by atoms with Crippen LogP contribution in [-0.2, 0) is 16.0 Å². The van der Waals surface area contributed by atoms with E-state index in [0.29, 0.717) is 31.4 Å². The van der Waals surface area contributed by atoms with Crippen molar-refractivity contribution in [2.24, 2.45) is 11.1 Å². The van der Waals surface area contributed by atoms with E-state index in [4.69, 9.17) is 5.73 Å². The Kier molecular flexibility index (Phi) is 3.78. The number of fused-ring (bicyclic) bond motifs is 1. The number of carbonyl (C=O) groups is 2.